The third-order valence-electron chi connectivity index (χ3n) is 4.60. The van der Waals surface area contributed by atoms with Gasteiger partial charge in [-0.15, -0.1) is 0 Å². The Morgan fingerprint density at radius 1 is 1.24 bits per heavy atom. The highest BCUT2D eigenvalue weighted by atomic mass is 16.2. The van der Waals surface area contributed by atoms with Crippen LogP contribution in [0.2, 0.25) is 0 Å². The van der Waals surface area contributed by atoms with Crippen LogP contribution in [0.5, 0.6) is 0 Å². The maximum atomic E-state index is 12.7. The summed E-state index contributed by atoms with van der Waals surface area (Å²) in [5, 5.41) is 3.35. The quantitative estimate of drug-likeness (QED) is 0.758. The van der Waals surface area contributed by atoms with Crippen molar-refractivity contribution in [1.82, 2.24) is 10.2 Å². The zero-order chi connectivity index (χ0) is 12.5. The first-order valence-corrected chi connectivity index (χ1v) is 7.05. The molecule has 2 rings (SSSR count). The molecule has 98 valence electrons. The normalized spacial score (nSPS) is 33.5. The Hall–Kier alpha value is -0.570. The van der Waals surface area contributed by atoms with Crippen LogP contribution in [0, 0.1) is 11.3 Å². The summed E-state index contributed by atoms with van der Waals surface area (Å²) in [6.07, 6.45) is 4.41. The van der Waals surface area contributed by atoms with E-state index in [1.165, 1.54) is 12.8 Å². The molecule has 2 heterocycles. The van der Waals surface area contributed by atoms with Crippen LogP contribution in [-0.2, 0) is 4.79 Å². The van der Waals surface area contributed by atoms with E-state index in [1.54, 1.807) is 0 Å². The minimum Gasteiger partial charge on any atom is -0.339 e. The first-order chi connectivity index (χ1) is 8.03. The molecule has 1 N–H and O–H groups in total. The fourth-order valence-electron chi connectivity index (χ4n) is 3.11. The number of rotatable bonds is 1. The molecule has 3 heteroatoms. The van der Waals surface area contributed by atoms with E-state index < -0.39 is 0 Å². The van der Waals surface area contributed by atoms with Gasteiger partial charge >= 0.3 is 0 Å². The second-order valence-electron chi connectivity index (χ2n) is 6.30. The number of carbonyl (C=O) groups is 1. The molecule has 2 aliphatic heterocycles. The molecule has 2 aliphatic rings. The maximum Gasteiger partial charge on any atom is 0.228 e. The second kappa shape index (κ2) is 4.97. The van der Waals surface area contributed by atoms with Gasteiger partial charge in [0.15, 0.2) is 0 Å². The van der Waals surface area contributed by atoms with Crippen LogP contribution < -0.4 is 5.32 Å². The van der Waals surface area contributed by atoms with Gasteiger partial charge in [0.1, 0.15) is 0 Å². The highest BCUT2D eigenvalue weighted by Gasteiger charge is 2.40. The van der Waals surface area contributed by atoms with Gasteiger partial charge in [-0.05, 0) is 51.6 Å². The summed E-state index contributed by atoms with van der Waals surface area (Å²) >= 11 is 0. The molecule has 0 bridgehead atoms. The average molecular weight is 238 g/mol. The van der Waals surface area contributed by atoms with Crippen molar-refractivity contribution in [3.8, 4) is 0 Å². The number of nitrogens with zero attached hydrogens (tertiary/aromatic N) is 1. The SMILES string of the molecule is CC1CCC(C)N(C(=O)C2(C)CCNCC2)C1. The van der Waals surface area contributed by atoms with Crippen LogP contribution in [0.3, 0.4) is 0 Å². The third-order valence-corrected chi connectivity index (χ3v) is 4.60. The van der Waals surface area contributed by atoms with E-state index in [9.17, 15) is 4.79 Å². The van der Waals surface area contributed by atoms with E-state index >= 15 is 0 Å². The number of carbonyl (C=O) groups excluding carboxylic acids is 1. The maximum absolute atomic E-state index is 12.7. The van der Waals surface area contributed by atoms with Crippen LogP contribution >= 0.6 is 0 Å². The van der Waals surface area contributed by atoms with Crippen LogP contribution in [0.4, 0.5) is 0 Å². The number of hydrogen-bond acceptors (Lipinski definition) is 2. The van der Waals surface area contributed by atoms with Gasteiger partial charge in [0, 0.05) is 18.0 Å². The lowest BCUT2D eigenvalue weighted by Gasteiger charge is -2.43. The molecule has 0 radical (unpaired) electrons. The van der Waals surface area contributed by atoms with Crippen LogP contribution in [-0.4, -0.2) is 36.5 Å². The Labute approximate surface area is 105 Å². The molecule has 0 aromatic rings. The van der Waals surface area contributed by atoms with Crippen LogP contribution in [0.1, 0.15) is 46.5 Å². The number of hydrogen-bond donors (Lipinski definition) is 1. The molecule has 2 unspecified atom stereocenters. The van der Waals surface area contributed by atoms with Crippen molar-refractivity contribution < 1.29 is 4.79 Å². The van der Waals surface area contributed by atoms with E-state index in [0.717, 1.165) is 32.5 Å². The average Bonchev–Trinajstić information content (AvgIpc) is 2.32. The van der Waals surface area contributed by atoms with E-state index in [2.05, 4.69) is 31.0 Å². The van der Waals surface area contributed by atoms with E-state index in [-0.39, 0.29) is 5.41 Å². The van der Waals surface area contributed by atoms with Crippen molar-refractivity contribution in [2.75, 3.05) is 19.6 Å². The monoisotopic (exact) mass is 238 g/mol. The van der Waals surface area contributed by atoms with Crippen molar-refractivity contribution in [3.05, 3.63) is 0 Å². The zero-order valence-electron chi connectivity index (χ0n) is 11.5. The van der Waals surface area contributed by atoms with Gasteiger partial charge < -0.3 is 10.2 Å². The molecule has 0 aromatic heterocycles. The Kier molecular flexibility index (Phi) is 3.76. The van der Waals surface area contributed by atoms with E-state index in [0.29, 0.717) is 17.9 Å². The Bertz CT molecular complexity index is 284. The molecule has 0 aromatic carbocycles. The van der Waals surface area contributed by atoms with E-state index in [4.69, 9.17) is 0 Å². The summed E-state index contributed by atoms with van der Waals surface area (Å²) in [6.45, 7) is 9.55. The smallest absolute Gasteiger partial charge is 0.228 e. The first kappa shape index (κ1) is 12.9. The summed E-state index contributed by atoms with van der Waals surface area (Å²) < 4.78 is 0. The van der Waals surface area contributed by atoms with Crippen molar-refractivity contribution >= 4 is 5.91 Å². The molecule has 0 aliphatic carbocycles. The lowest BCUT2D eigenvalue weighted by Crippen LogP contribution is -2.53. The summed E-state index contributed by atoms with van der Waals surface area (Å²) in [5.41, 5.74) is -0.115. The van der Waals surface area contributed by atoms with Crippen LogP contribution in [0.25, 0.3) is 0 Å². The van der Waals surface area contributed by atoms with Crippen molar-refractivity contribution in [1.29, 1.82) is 0 Å². The summed E-state index contributed by atoms with van der Waals surface area (Å²) in [6, 6.07) is 0.436. The van der Waals surface area contributed by atoms with Crippen molar-refractivity contribution in [3.63, 3.8) is 0 Å². The fourth-order valence-corrected chi connectivity index (χ4v) is 3.11. The van der Waals surface area contributed by atoms with Gasteiger partial charge in [-0.1, -0.05) is 13.8 Å². The molecule has 2 fully saturated rings. The third kappa shape index (κ3) is 2.65. The number of nitrogens with one attached hydrogen (secondary N) is 1. The second-order valence-corrected chi connectivity index (χ2v) is 6.30. The van der Waals surface area contributed by atoms with Gasteiger partial charge in [0.2, 0.25) is 5.91 Å². The predicted octanol–water partition coefficient (Wildman–Crippen LogP) is 2.02. The predicted molar refractivity (Wildman–Crippen MR) is 69.8 cm³/mol. The number of amides is 1. The highest BCUT2D eigenvalue weighted by Crippen LogP contribution is 2.33. The van der Waals surface area contributed by atoms with Gasteiger partial charge in [0.25, 0.3) is 0 Å². The number of piperidine rings is 2. The first-order valence-electron chi connectivity index (χ1n) is 7.05. The molecule has 1 amide bonds. The van der Waals surface area contributed by atoms with Crippen LogP contribution in [0.15, 0.2) is 0 Å². The summed E-state index contributed by atoms with van der Waals surface area (Å²) in [5.74, 6) is 1.07. The van der Waals surface area contributed by atoms with Gasteiger partial charge in [-0.25, -0.2) is 0 Å². The molecule has 0 saturated carbocycles. The molecular formula is C14H26N2O. The summed E-state index contributed by atoms with van der Waals surface area (Å²) in [7, 11) is 0. The van der Waals surface area contributed by atoms with Gasteiger partial charge in [-0.2, -0.15) is 0 Å². The minimum absolute atomic E-state index is 0.115. The largest absolute Gasteiger partial charge is 0.339 e. The molecule has 2 atom stereocenters. The highest BCUT2D eigenvalue weighted by molar-refractivity contribution is 5.83. The lowest BCUT2D eigenvalue weighted by atomic mass is 9.78. The Balaban J connectivity index is 2.06. The number of likely N-dealkylation sites (tertiary alicyclic amines) is 1. The zero-order valence-corrected chi connectivity index (χ0v) is 11.5. The molecule has 17 heavy (non-hydrogen) atoms. The van der Waals surface area contributed by atoms with Crippen molar-refractivity contribution in [2.24, 2.45) is 11.3 Å². The molecule has 0 spiro atoms. The van der Waals surface area contributed by atoms with E-state index in [1.807, 2.05) is 0 Å². The molecule has 3 nitrogen and oxygen atoms in total. The Morgan fingerprint density at radius 3 is 2.53 bits per heavy atom. The molecule has 2 saturated heterocycles. The van der Waals surface area contributed by atoms with Crippen molar-refractivity contribution in [2.45, 2.75) is 52.5 Å². The minimum atomic E-state index is -0.115. The molecular weight excluding hydrogens is 212 g/mol. The standard InChI is InChI=1S/C14H26N2O/c1-11-4-5-12(2)16(10-11)13(17)14(3)6-8-15-9-7-14/h11-12,15H,4-10H2,1-3H3. The summed E-state index contributed by atoms with van der Waals surface area (Å²) in [4.78, 5) is 14.9. The topological polar surface area (TPSA) is 32.3 Å². The Morgan fingerprint density at radius 2 is 1.88 bits per heavy atom. The lowest BCUT2D eigenvalue weighted by molar-refractivity contribution is -0.147. The fraction of sp³-hybridized carbons (Fsp3) is 0.929. The van der Waals surface area contributed by atoms with Gasteiger partial charge in [0.05, 0.1) is 0 Å². The van der Waals surface area contributed by atoms with Gasteiger partial charge in [-0.3, -0.25) is 4.79 Å².